The lowest BCUT2D eigenvalue weighted by Gasteiger charge is -2.19. The van der Waals surface area contributed by atoms with E-state index in [2.05, 4.69) is 5.32 Å². The van der Waals surface area contributed by atoms with Crippen LogP contribution in [0.4, 0.5) is 10.1 Å². The van der Waals surface area contributed by atoms with Crippen LogP contribution in [0.5, 0.6) is 0 Å². The fourth-order valence-electron chi connectivity index (χ4n) is 2.59. The Hall–Kier alpha value is -3.38. The Morgan fingerprint density at radius 1 is 1.10 bits per heavy atom. The minimum absolute atomic E-state index is 0.0331. The van der Waals surface area contributed by atoms with Gasteiger partial charge in [-0.3, -0.25) is 9.59 Å². The molecule has 0 radical (unpaired) electrons. The minimum Gasteiger partial charge on any atom is -0.467 e. The van der Waals surface area contributed by atoms with E-state index >= 15 is 0 Å². The van der Waals surface area contributed by atoms with Gasteiger partial charge in [-0.05, 0) is 48.0 Å². The van der Waals surface area contributed by atoms with E-state index in [4.69, 9.17) is 16.0 Å². The molecule has 2 aromatic carbocycles. The first kappa shape index (κ1) is 20.4. The number of halogens is 2. The van der Waals surface area contributed by atoms with Crippen molar-refractivity contribution in [2.75, 3.05) is 11.9 Å². The molecule has 5 nitrogen and oxygen atoms in total. The van der Waals surface area contributed by atoms with Crippen LogP contribution in [0.2, 0.25) is 5.02 Å². The first-order valence-corrected chi connectivity index (χ1v) is 9.18. The van der Waals surface area contributed by atoms with Crippen molar-refractivity contribution in [3.8, 4) is 0 Å². The summed E-state index contributed by atoms with van der Waals surface area (Å²) in [6, 6.07) is 16.5. The number of rotatable bonds is 7. The predicted octanol–water partition coefficient (Wildman–Crippen LogP) is 4.75. The van der Waals surface area contributed by atoms with Crippen molar-refractivity contribution in [2.24, 2.45) is 0 Å². The second kappa shape index (κ2) is 9.71. The van der Waals surface area contributed by atoms with E-state index < -0.39 is 11.7 Å². The maximum absolute atomic E-state index is 13.3. The zero-order valence-electron chi connectivity index (χ0n) is 15.3. The lowest BCUT2D eigenvalue weighted by molar-refractivity contribution is -0.131. The molecule has 2 amide bonds. The molecule has 148 valence electrons. The third-order valence-electron chi connectivity index (χ3n) is 3.99. The van der Waals surface area contributed by atoms with Crippen LogP contribution >= 0.6 is 11.6 Å². The number of para-hydroxylation sites is 1. The molecule has 3 aromatic rings. The van der Waals surface area contributed by atoms with Crippen molar-refractivity contribution >= 4 is 35.2 Å². The quantitative estimate of drug-likeness (QED) is 0.569. The first-order valence-electron chi connectivity index (χ1n) is 8.80. The third-order valence-corrected chi connectivity index (χ3v) is 4.28. The normalized spacial score (nSPS) is 10.8. The van der Waals surface area contributed by atoms with Crippen LogP contribution in [-0.4, -0.2) is 23.3 Å². The highest BCUT2D eigenvalue weighted by molar-refractivity contribution is 6.30. The van der Waals surface area contributed by atoms with Gasteiger partial charge in [0.1, 0.15) is 18.1 Å². The van der Waals surface area contributed by atoms with Crippen molar-refractivity contribution in [1.29, 1.82) is 0 Å². The van der Waals surface area contributed by atoms with Crippen LogP contribution in [0.25, 0.3) is 6.08 Å². The zero-order valence-corrected chi connectivity index (χ0v) is 16.1. The number of furan rings is 1. The van der Waals surface area contributed by atoms with Crippen LogP contribution in [-0.2, 0) is 16.1 Å². The van der Waals surface area contributed by atoms with Crippen LogP contribution in [0.1, 0.15) is 11.3 Å². The van der Waals surface area contributed by atoms with Crippen LogP contribution in [0.15, 0.2) is 77.4 Å². The molecule has 0 saturated heterocycles. The SMILES string of the molecule is O=C(CN(Cc1ccco1)C(=O)/C=C/c1ccc(F)c(Cl)c1)Nc1ccccc1. The number of carbonyl (C=O) groups excluding carboxylic acids is 2. The summed E-state index contributed by atoms with van der Waals surface area (Å²) in [6.45, 7) is -0.0362. The first-order chi connectivity index (χ1) is 14.0. The monoisotopic (exact) mass is 412 g/mol. The highest BCUT2D eigenvalue weighted by Gasteiger charge is 2.17. The average Bonchev–Trinajstić information content (AvgIpc) is 3.22. The van der Waals surface area contributed by atoms with Gasteiger partial charge in [0, 0.05) is 11.8 Å². The molecule has 0 unspecified atom stereocenters. The molecule has 0 bridgehead atoms. The van der Waals surface area contributed by atoms with Gasteiger partial charge in [-0.2, -0.15) is 0 Å². The molecule has 0 spiro atoms. The van der Waals surface area contributed by atoms with Gasteiger partial charge in [0.15, 0.2) is 0 Å². The highest BCUT2D eigenvalue weighted by atomic mass is 35.5. The summed E-state index contributed by atoms with van der Waals surface area (Å²) in [5, 5.41) is 2.71. The predicted molar refractivity (Wildman–Crippen MR) is 110 cm³/mol. The molecule has 0 aliphatic carbocycles. The smallest absolute Gasteiger partial charge is 0.247 e. The van der Waals surface area contributed by atoms with Crippen LogP contribution in [0, 0.1) is 5.82 Å². The zero-order chi connectivity index (χ0) is 20.6. The summed E-state index contributed by atoms with van der Waals surface area (Å²) in [7, 11) is 0. The van der Waals surface area contributed by atoms with E-state index in [-0.39, 0.29) is 24.0 Å². The maximum atomic E-state index is 13.3. The number of hydrogen-bond donors (Lipinski definition) is 1. The van der Waals surface area contributed by atoms with E-state index in [9.17, 15) is 14.0 Å². The number of nitrogens with one attached hydrogen (secondary N) is 1. The Morgan fingerprint density at radius 2 is 1.90 bits per heavy atom. The number of nitrogens with zero attached hydrogens (tertiary/aromatic N) is 1. The fourth-order valence-corrected chi connectivity index (χ4v) is 2.78. The molecule has 1 heterocycles. The maximum Gasteiger partial charge on any atom is 0.247 e. The van der Waals surface area contributed by atoms with Gasteiger partial charge in [0.25, 0.3) is 0 Å². The fraction of sp³-hybridized carbons (Fsp3) is 0.0909. The number of hydrogen-bond acceptors (Lipinski definition) is 3. The van der Waals surface area contributed by atoms with E-state index in [0.717, 1.165) is 0 Å². The minimum atomic E-state index is -0.535. The van der Waals surface area contributed by atoms with Gasteiger partial charge in [-0.25, -0.2) is 4.39 Å². The summed E-state index contributed by atoms with van der Waals surface area (Å²) >= 11 is 5.76. The summed E-state index contributed by atoms with van der Waals surface area (Å²) in [6.07, 6.45) is 4.32. The Morgan fingerprint density at radius 3 is 2.59 bits per heavy atom. The molecule has 0 aliphatic rings. The molecule has 0 saturated carbocycles. The molecule has 0 aliphatic heterocycles. The van der Waals surface area contributed by atoms with Gasteiger partial charge < -0.3 is 14.6 Å². The number of amides is 2. The van der Waals surface area contributed by atoms with Crippen molar-refractivity contribution in [3.63, 3.8) is 0 Å². The molecule has 0 atom stereocenters. The molecule has 0 fully saturated rings. The second-order valence-electron chi connectivity index (χ2n) is 6.19. The van der Waals surface area contributed by atoms with E-state index in [1.54, 1.807) is 36.4 Å². The summed E-state index contributed by atoms with van der Waals surface area (Å²) in [5.41, 5.74) is 1.20. The van der Waals surface area contributed by atoms with Crippen molar-refractivity contribution in [1.82, 2.24) is 4.90 Å². The van der Waals surface area contributed by atoms with Crippen molar-refractivity contribution in [3.05, 3.63) is 95.2 Å². The van der Waals surface area contributed by atoms with Gasteiger partial charge >= 0.3 is 0 Å². The number of benzene rings is 2. The van der Waals surface area contributed by atoms with Gasteiger partial charge in [0.2, 0.25) is 11.8 Å². The largest absolute Gasteiger partial charge is 0.467 e. The number of carbonyl (C=O) groups is 2. The molecule has 3 rings (SSSR count). The number of anilines is 1. The molecule has 29 heavy (non-hydrogen) atoms. The van der Waals surface area contributed by atoms with Crippen molar-refractivity contribution < 1.29 is 18.4 Å². The second-order valence-corrected chi connectivity index (χ2v) is 6.60. The van der Waals surface area contributed by atoms with E-state index in [1.165, 1.54) is 41.5 Å². The highest BCUT2D eigenvalue weighted by Crippen LogP contribution is 2.17. The molecular formula is C22H18ClFN2O3. The third kappa shape index (κ3) is 6.05. The Balaban J connectivity index is 1.71. The Kier molecular flexibility index (Phi) is 6.81. The molecule has 1 aromatic heterocycles. The van der Waals surface area contributed by atoms with E-state index in [1.807, 2.05) is 6.07 Å². The van der Waals surface area contributed by atoms with Crippen LogP contribution < -0.4 is 5.32 Å². The molecule has 1 N–H and O–H groups in total. The lowest BCUT2D eigenvalue weighted by Crippen LogP contribution is -2.36. The van der Waals surface area contributed by atoms with Gasteiger partial charge in [0.05, 0.1) is 17.8 Å². The summed E-state index contributed by atoms with van der Waals surface area (Å²) in [4.78, 5) is 26.4. The van der Waals surface area contributed by atoms with Crippen molar-refractivity contribution in [2.45, 2.75) is 6.54 Å². The summed E-state index contributed by atoms with van der Waals surface area (Å²) in [5.74, 6) is -0.726. The molecule has 7 heteroatoms. The average molecular weight is 413 g/mol. The molecular weight excluding hydrogens is 395 g/mol. The van der Waals surface area contributed by atoms with Gasteiger partial charge in [-0.1, -0.05) is 35.9 Å². The topological polar surface area (TPSA) is 62.6 Å². The lowest BCUT2D eigenvalue weighted by atomic mass is 10.2. The Labute approximate surface area is 172 Å². The van der Waals surface area contributed by atoms with Gasteiger partial charge in [-0.15, -0.1) is 0 Å². The Bertz CT molecular complexity index is 1000. The van der Waals surface area contributed by atoms with E-state index in [0.29, 0.717) is 17.0 Å². The van der Waals surface area contributed by atoms with Crippen LogP contribution in [0.3, 0.4) is 0 Å². The standard InChI is InChI=1S/C22H18ClFN2O3/c23-19-13-16(8-10-20(19)24)9-11-22(28)26(14-18-7-4-12-29-18)15-21(27)25-17-5-2-1-3-6-17/h1-13H,14-15H2,(H,25,27)/b11-9+. The summed E-state index contributed by atoms with van der Waals surface area (Å²) < 4.78 is 18.6.